The van der Waals surface area contributed by atoms with Crippen LogP contribution in [-0.4, -0.2) is 37.9 Å². The Bertz CT molecular complexity index is 606. The predicted molar refractivity (Wildman–Crippen MR) is 76.7 cm³/mol. The second-order valence-corrected chi connectivity index (χ2v) is 4.00. The normalized spacial score (nSPS) is 10.1. The van der Waals surface area contributed by atoms with Gasteiger partial charge in [0.1, 0.15) is 6.20 Å². The number of nitro groups is 1. The van der Waals surface area contributed by atoms with Crippen LogP contribution in [0.4, 0.5) is 23.4 Å². The number of rotatable bonds is 7. The van der Waals surface area contributed by atoms with Gasteiger partial charge < -0.3 is 16.4 Å². The van der Waals surface area contributed by atoms with E-state index in [4.69, 9.17) is 5.73 Å². The fourth-order valence-corrected chi connectivity index (χ4v) is 1.49. The van der Waals surface area contributed by atoms with E-state index >= 15 is 0 Å². The zero-order valence-electron chi connectivity index (χ0n) is 11.1. The van der Waals surface area contributed by atoms with Crippen LogP contribution in [0, 0.1) is 10.1 Å². The molecule has 0 radical (unpaired) electrons. The SMILES string of the molecule is Nc1nc(NCCCNc2ncccn2)ncc1[N+](=O)[O-]. The lowest BCUT2D eigenvalue weighted by Crippen LogP contribution is -2.12. The molecule has 0 unspecified atom stereocenters. The van der Waals surface area contributed by atoms with E-state index in [0.717, 1.165) is 12.6 Å². The van der Waals surface area contributed by atoms with Gasteiger partial charge in [-0.1, -0.05) is 0 Å². The molecule has 0 fully saturated rings. The molecule has 2 aromatic rings. The number of anilines is 3. The van der Waals surface area contributed by atoms with Crippen LogP contribution in [0.5, 0.6) is 0 Å². The highest BCUT2D eigenvalue weighted by atomic mass is 16.6. The van der Waals surface area contributed by atoms with Gasteiger partial charge in [0.25, 0.3) is 0 Å². The van der Waals surface area contributed by atoms with E-state index in [9.17, 15) is 10.1 Å². The molecule has 0 saturated carbocycles. The average Bonchev–Trinajstić information content (AvgIpc) is 2.47. The Morgan fingerprint density at radius 2 is 1.81 bits per heavy atom. The molecule has 10 nitrogen and oxygen atoms in total. The first-order chi connectivity index (χ1) is 10.2. The summed E-state index contributed by atoms with van der Waals surface area (Å²) in [4.78, 5) is 25.6. The molecule has 0 amide bonds. The van der Waals surface area contributed by atoms with E-state index in [1.54, 1.807) is 18.5 Å². The highest BCUT2D eigenvalue weighted by molar-refractivity contribution is 5.53. The fourth-order valence-electron chi connectivity index (χ4n) is 1.49. The molecule has 10 heteroatoms. The lowest BCUT2D eigenvalue weighted by atomic mass is 10.4. The molecule has 2 aromatic heterocycles. The van der Waals surface area contributed by atoms with Gasteiger partial charge in [0.15, 0.2) is 0 Å². The first-order valence-corrected chi connectivity index (χ1v) is 6.18. The van der Waals surface area contributed by atoms with Crippen molar-refractivity contribution in [2.45, 2.75) is 6.42 Å². The van der Waals surface area contributed by atoms with Gasteiger partial charge in [0.05, 0.1) is 4.92 Å². The number of hydrogen-bond donors (Lipinski definition) is 3. The molecule has 0 saturated heterocycles. The van der Waals surface area contributed by atoms with Crippen LogP contribution in [0.25, 0.3) is 0 Å². The first-order valence-electron chi connectivity index (χ1n) is 6.18. The Morgan fingerprint density at radius 1 is 1.14 bits per heavy atom. The maximum absolute atomic E-state index is 10.6. The van der Waals surface area contributed by atoms with Crippen molar-refractivity contribution in [3.63, 3.8) is 0 Å². The zero-order valence-corrected chi connectivity index (χ0v) is 11.1. The van der Waals surface area contributed by atoms with Crippen molar-refractivity contribution < 1.29 is 4.92 Å². The van der Waals surface area contributed by atoms with Crippen molar-refractivity contribution in [2.75, 3.05) is 29.5 Å². The van der Waals surface area contributed by atoms with E-state index in [0.29, 0.717) is 19.0 Å². The number of aromatic nitrogens is 4. The van der Waals surface area contributed by atoms with Crippen LogP contribution < -0.4 is 16.4 Å². The zero-order chi connectivity index (χ0) is 15.1. The summed E-state index contributed by atoms with van der Waals surface area (Å²) < 4.78 is 0. The minimum atomic E-state index is -0.622. The Morgan fingerprint density at radius 3 is 2.43 bits per heavy atom. The first kappa shape index (κ1) is 14.4. The van der Waals surface area contributed by atoms with Gasteiger partial charge >= 0.3 is 5.69 Å². The van der Waals surface area contributed by atoms with Crippen molar-refractivity contribution in [3.8, 4) is 0 Å². The molecular formula is C11H14N8O2. The van der Waals surface area contributed by atoms with Crippen LogP contribution in [0.3, 0.4) is 0 Å². The van der Waals surface area contributed by atoms with Gasteiger partial charge in [-0.2, -0.15) is 4.98 Å². The van der Waals surface area contributed by atoms with E-state index in [-0.39, 0.29) is 17.5 Å². The fraction of sp³-hybridized carbons (Fsp3) is 0.273. The summed E-state index contributed by atoms with van der Waals surface area (Å²) in [5.74, 6) is 0.663. The van der Waals surface area contributed by atoms with E-state index in [2.05, 4.69) is 30.6 Å². The summed E-state index contributed by atoms with van der Waals surface area (Å²) in [5, 5.41) is 16.6. The van der Waals surface area contributed by atoms with Crippen molar-refractivity contribution in [1.82, 2.24) is 19.9 Å². The van der Waals surface area contributed by atoms with Crippen LogP contribution >= 0.6 is 0 Å². The van der Waals surface area contributed by atoms with Crippen molar-refractivity contribution in [3.05, 3.63) is 34.8 Å². The van der Waals surface area contributed by atoms with Gasteiger partial charge in [0, 0.05) is 25.5 Å². The molecule has 0 aliphatic carbocycles. The lowest BCUT2D eigenvalue weighted by Gasteiger charge is -2.06. The quantitative estimate of drug-likeness (QED) is 0.380. The summed E-state index contributed by atoms with van der Waals surface area (Å²) in [7, 11) is 0. The third-order valence-corrected chi connectivity index (χ3v) is 2.48. The average molecular weight is 290 g/mol. The molecule has 21 heavy (non-hydrogen) atoms. The van der Waals surface area contributed by atoms with Crippen LogP contribution in [-0.2, 0) is 0 Å². The molecule has 0 spiro atoms. The molecule has 0 aromatic carbocycles. The molecule has 2 heterocycles. The minimum absolute atomic E-state index is 0.159. The highest BCUT2D eigenvalue weighted by Gasteiger charge is 2.13. The number of nitrogens with zero attached hydrogens (tertiary/aromatic N) is 5. The second-order valence-electron chi connectivity index (χ2n) is 4.00. The Labute approximate surface area is 120 Å². The second kappa shape index (κ2) is 6.93. The Kier molecular flexibility index (Phi) is 4.75. The molecule has 0 bridgehead atoms. The maximum atomic E-state index is 10.6. The van der Waals surface area contributed by atoms with Crippen LogP contribution in [0.15, 0.2) is 24.7 Å². The summed E-state index contributed by atoms with van der Waals surface area (Å²) in [5.41, 5.74) is 5.16. The maximum Gasteiger partial charge on any atom is 0.329 e. The topological polar surface area (TPSA) is 145 Å². The molecule has 0 aliphatic rings. The van der Waals surface area contributed by atoms with Crippen molar-refractivity contribution in [1.29, 1.82) is 0 Å². The van der Waals surface area contributed by atoms with E-state index in [1.165, 1.54) is 0 Å². The van der Waals surface area contributed by atoms with Gasteiger partial charge in [-0.25, -0.2) is 15.0 Å². The minimum Gasteiger partial charge on any atom is -0.378 e. The van der Waals surface area contributed by atoms with Gasteiger partial charge in [-0.3, -0.25) is 10.1 Å². The largest absolute Gasteiger partial charge is 0.378 e. The third-order valence-electron chi connectivity index (χ3n) is 2.48. The molecular weight excluding hydrogens is 276 g/mol. The lowest BCUT2D eigenvalue weighted by molar-refractivity contribution is -0.384. The molecule has 2 rings (SSSR count). The number of nitrogens with two attached hydrogens (primary N) is 1. The molecule has 110 valence electrons. The standard InChI is InChI=1S/C11H14N8O2/c12-9-8(19(20)21)7-17-11(18-9)16-6-2-5-15-10-13-3-1-4-14-10/h1,3-4,7H,2,5-6H2,(H,13,14,15)(H3,12,16,17,18). The smallest absolute Gasteiger partial charge is 0.329 e. The number of nitrogen functional groups attached to an aromatic ring is 1. The van der Waals surface area contributed by atoms with Gasteiger partial charge in [-0.15, -0.1) is 0 Å². The van der Waals surface area contributed by atoms with Crippen LogP contribution in [0.2, 0.25) is 0 Å². The van der Waals surface area contributed by atoms with E-state index < -0.39 is 4.92 Å². The Balaban J connectivity index is 1.74. The third kappa shape index (κ3) is 4.23. The Hall–Kier alpha value is -3.04. The van der Waals surface area contributed by atoms with Crippen molar-refractivity contribution >= 4 is 23.4 Å². The highest BCUT2D eigenvalue weighted by Crippen LogP contribution is 2.17. The monoisotopic (exact) mass is 290 g/mol. The summed E-state index contributed by atoms with van der Waals surface area (Å²) in [6.07, 6.45) is 5.15. The molecule has 0 atom stereocenters. The van der Waals surface area contributed by atoms with Crippen molar-refractivity contribution in [2.24, 2.45) is 0 Å². The van der Waals surface area contributed by atoms with Gasteiger partial charge in [0.2, 0.25) is 17.7 Å². The molecule has 4 N–H and O–H groups in total. The summed E-state index contributed by atoms with van der Waals surface area (Å²) >= 11 is 0. The van der Waals surface area contributed by atoms with Gasteiger partial charge in [-0.05, 0) is 12.5 Å². The predicted octanol–water partition coefficient (Wildman–Crippen LogP) is 0.671. The summed E-state index contributed by atoms with van der Waals surface area (Å²) in [6.45, 7) is 1.25. The number of nitrogens with one attached hydrogen (secondary N) is 2. The molecule has 0 aliphatic heterocycles. The van der Waals surface area contributed by atoms with E-state index in [1.807, 2.05) is 0 Å². The summed E-state index contributed by atoms with van der Waals surface area (Å²) in [6, 6.07) is 1.74. The van der Waals surface area contributed by atoms with Crippen LogP contribution in [0.1, 0.15) is 6.42 Å². The number of hydrogen-bond acceptors (Lipinski definition) is 9.